The van der Waals surface area contributed by atoms with Crippen LogP contribution in [0.25, 0.3) is 5.65 Å². The zero-order chi connectivity index (χ0) is 17.2. The van der Waals surface area contributed by atoms with Crippen molar-refractivity contribution < 1.29 is 9.18 Å². The van der Waals surface area contributed by atoms with E-state index in [1.807, 2.05) is 33.7 Å². The number of piperidine rings is 1. The fraction of sp³-hybridized carbons (Fsp3) is 0.316. The molecule has 25 heavy (non-hydrogen) atoms. The molecule has 1 aliphatic rings. The molecule has 1 unspecified atom stereocenters. The number of aromatic nitrogens is 3. The van der Waals surface area contributed by atoms with Gasteiger partial charge in [0.25, 0.3) is 0 Å². The molecular weight excluding hydrogens is 319 g/mol. The summed E-state index contributed by atoms with van der Waals surface area (Å²) in [6.07, 6.45) is 4.20. The van der Waals surface area contributed by atoms with Gasteiger partial charge in [-0.25, -0.2) is 4.39 Å². The molecule has 1 amide bonds. The Kier molecular flexibility index (Phi) is 4.17. The predicted molar refractivity (Wildman–Crippen MR) is 91.6 cm³/mol. The Morgan fingerprint density at radius 3 is 2.84 bits per heavy atom. The molecular formula is C19H19FN4O. The molecule has 128 valence electrons. The lowest BCUT2D eigenvalue weighted by molar-refractivity contribution is -0.131. The first kappa shape index (κ1) is 15.7. The molecule has 3 aromatic rings. The van der Waals surface area contributed by atoms with Gasteiger partial charge in [0.05, 0.1) is 6.42 Å². The molecule has 2 aromatic heterocycles. The second kappa shape index (κ2) is 6.63. The molecule has 0 saturated carbocycles. The minimum Gasteiger partial charge on any atom is -0.342 e. The summed E-state index contributed by atoms with van der Waals surface area (Å²) in [5.41, 5.74) is 1.66. The zero-order valence-electron chi connectivity index (χ0n) is 13.8. The van der Waals surface area contributed by atoms with Crippen molar-refractivity contribution in [3.63, 3.8) is 0 Å². The van der Waals surface area contributed by atoms with Crippen molar-refractivity contribution in [1.82, 2.24) is 19.5 Å². The summed E-state index contributed by atoms with van der Waals surface area (Å²) in [7, 11) is 0. The molecule has 0 radical (unpaired) electrons. The van der Waals surface area contributed by atoms with Crippen molar-refractivity contribution in [2.45, 2.75) is 25.2 Å². The van der Waals surface area contributed by atoms with Gasteiger partial charge in [-0.15, -0.1) is 10.2 Å². The van der Waals surface area contributed by atoms with Crippen molar-refractivity contribution in [3.05, 3.63) is 65.9 Å². The lowest BCUT2D eigenvalue weighted by atomic mass is 9.96. The number of halogens is 1. The highest BCUT2D eigenvalue weighted by molar-refractivity contribution is 5.79. The number of carbonyl (C=O) groups excluding carboxylic acids is 1. The van der Waals surface area contributed by atoms with E-state index in [-0.39, 0.29) is 17.6 Å². The quantitative estimate of drug-likeness (QED) is 0.738. The van der Waals surface area contributed by atoms with Crippen LogP contribution in [0.1, 0.15) is 30.1 Å². The van der Waals surface area contributed by atoms with E-state index in [4.69, 9.17) is 0 Å². The monoisotopic (exact) mass is 338 g/mol. The van der Waals surface area contributed by atoms with Crippen LogP contribution in [0.4, 0.5) is 4.39 Å². The molecule has 1 aromatic carbocycles. The van der Waals surface area contributed by atoms with Crippen LogP contribution < -0.4 is 0 Å². The van der Waals surface area contributed by atoms with Crippen LogP contribution in [0, 0.1) is 5.82 Å². The van der Waals surface area contributed by atoms with E-state index < -0.39 is 0 Å². The van der Waals surface area contributed by atoms with Gasteiger partial charge in [-0.2, -0.15) is 0 Å². The fourth-order valence-electron chi connectivity index (χ4n) is 3.44. The number of amides is 1. The SMILES string of the molecule is O=C(Cc1ccc(F)cc1)N1CCCC(c2nnc3ccccn23)C1. The number of rotatable bonds is 3. The molecule has 0 N–H and O–H groups in total. The van der Waals surface area contributed by atoms with E-state index in [0.29, 0.717) is 13.0 Å². The van der Waals surface area contributed by atoms with E-state index in [2.05, 4.69) is 10.2 Å². The highest BCUT2D eigenvalue weighted by Crippen LogP contribution is 2.26. The van der Waals surface area contributed by atoms with Crippen LogP contribution in [-0.4, -0.2) is 38.5 Å². The van der Waals surface area contributed by atoms with E-state index >= 15 is 0 Å². The zero-order valence-corrected chi connectivity index (χ0v) is 13.8. The highest BCUT2D eigenvalue weighted by atomic mass is 19.1. The lowest BCUT2D eigenvalue weighted by Gasteiger charge is -2.32. The van der Waals surface area contributed by atoms with Crippen LogP contribution in [0.5, 0.6) is 0 Å². The maximum Gasteiger partial charge on any atom is 0.227 e. The van der Waals surface area contributed by atoms with Gasteiger partial charge >= 0.3 is 0 Å². The molecule has 1 atom stereocenters. The van der Waals surface area contributed by atoms with Crippen molar-refractivity contribution in [2.24, 2.45) is 0 Å². The molecule has 0 spiro atoms. The number of hydrogen-bond acceptors (Lipinski definition) is 3. The Morgan fingerprint density at radius 1 is 1.16 bits per heavy atom. The first-order chi connectivity index (χ1) is 12.2. The normalized spacial score (nSPS) is 17.8. The number of benzene rings is 1. The number of pyridine rings is 1. The minimum atomic E-state index is -0.284. The first-order valence-electron chi connectivity index (χ1n) is 8.52. The first-order valence-corrected chi connectivity index (χ1v) is 8.52. The summed E-state index contributed by atoms with van der Waals surface area (Å²) in [4.78, 5) is 14.5. The third-order valence-corrected chi connectivity index (χ3v) is 4.75. The number of likely N-dealkylation sites (tertiary alicyclic amines) is 1. The summed E-state index contributed by atoms with van der Waals surface area (Å²) in [5.74, 6) is 0.885. The van der Waals surface area contributed by atoms with Crippen LogP contribution >= 0.6 is 0 Å². The third-order valence-electron chi connectivity index (χ3n) is 4.75. The number of carbonyl (C=O) groups is 1. The van der Waals surface area contributed by atoms with Crippen molar-refractivity contribution >= 4 is 11.6 Å². The topological polar surface area (TPSA) is 50.5 Å². The Balaban J connectivity index is 1.49. The molecule has 1 saturated heterocycles. The molecule has 0 aliphatic carbocycles. The molecule has 3 heterocycles. The van der Waals surface area contributed by atoms with Gasteiger partial charge in [0.1, 0.15) is 11.6 Å². The molecule has 0 bridgehead atoms. The average Bonchev–Trinajstić information content (AvgIpc) is 3.08. The molecule has 5 nitrogen and oxygen atoms in total. The van der Waals surface area contributed by atoms with Crippen molar-refractivity contribution in [2.75, 3.05) is 13.1 Å². The summed E-state index contributed by atoms with van der Waals surface area (Å²) >= 11 is 0. The van der Waals surface area contributed by atoms with E-state index in [1.165, 1.54) is 12.1 Å². The van der Waals surface area contributed by atoms with Crippen LogP contribution in [0.15, 0.2) is 48.7 Å². The van der Waals surface area contributed by atoms with Gasteiger partial charge in [-0.1, -0.05) is 18.2 Å². The Bertz CT molecular complexity index is 890. The number of hydrogen-bond donors (Lipinski definition) is 0. The molecule has 6 heteroatoms. The maximum atomic E-state index is 13.0. The second-order valence-electron chi connectivity index (χ2n) is 6.47. The summed E-state index contributed by atoms with van der Waals surface area (Å²) in [6, 6.07) is 11.9. The van der Waals surface area contributed by atoms with Crippen molar-refractivity contribution in [3.8, 4) is 0 Å². The van der Waals surface area contributed by atoms with E-state index in [9.17, 15) is 9.18 Å². The summed E-state index contributed by atoms with van der Waals surface area (Å²) < 4.78 is 15.0. The number of fused-ring (bicyclic) bond motifs is 1. The minimum absolute atomic E-state index is 0.0742. The smallest absolute Gasteiger partial charge is 0.227 e. The van der Waals surface area contributed by atoms with Crippen LogP contribution in [0.2, 0.25) is 0 Å². The van der Waals surface area contributed by atoms with Crippen molar-refractivity contribution in [1.29, 1.82) is 0 Å². The number of nitrogens with zero attached hydrogens (tertiary/aromatic N) is 4. The summed E-state index contributed by atoms with van der Waals surface area (Å²) in [6.45, 7) is 1.41. The molecule has 1 aliphatic heterocycles. The average molecular weight is 338 g/mol. The Morgan fingerprint density at radius 2 is 2.00 bits per heavy atom. The van der Waals surface area contributed by atoms with Gasteiger partial charge in [0.2, 0.25) is 5.91 Å². The van der Waals surface area contributed by atoms with Gasteiger partial charge in [0, 0.05) is 25.2 Å². The van der Waals surface area contributed by atoms with Gasteiger partial charge in [0.15, 0.2) is 5.65 Å². The lowest BCUT2D eigenvalue weighted by Crippen LogP contribution is -2.40. The maximum absolute atomic E-state index is 13.0. The standard InChI is InChI=1S/C19H19FN4O/c20-16-8-6-14(7-9-16)12-18(25)23-10-3-4-15(13-23)19-22-21-17-5-1-2-11-24(17)19/h1-2,5-9,11,15H,3-4,10,12-13H2. The fourth-order valence-corrected chi connectivity index (χ4v) is 3.44. The summed E-state index contributed by atoms with van der Waals surface area (Å²) in [5, 5.41) is 8.55. The predicted octanol–water partition coefficient (Wildman–Crippen LogP) is 2.82. The van der Waals surface area contributed by atoms with Gasteiger partial charge in [-0.05, 0) is 42.7 Å². The molecule has 4 rings (SSSR count). The molecule has 1 fully saturated rings. The van der Waals surface area contributed by atoms with Crippen LogP contribution in [-0.2, 0) is 11.2 Å². The van der Waals surface area contributed by atoms with Gasteiger partial charge < -0.3 is 4.90 Å². The third kappa shape index (κ3) is 3.24. The Hall–Kier alpha value is -2.76. The van der Waals surface area contributed by atoms with E-state index in [1.54, 1.807) is 12.1 Å². The Labute approximate surface area is 145 Å². The van der Waals surface area contributed by atoms with Gasteiger partial charge in [-0.3, -0.25) is 9.20 Å². The van der Waals surface area contributed by atoms with E-state index in [0.717, 1.165) is 36.4 Å². The highest BCUT2D eigenvalue weighted by Gasteiger charge is 2.27. The van der Waals surface area contributed by atoms with Crippen LogP contribution in [0.3, 0.4) is 0 Å². The largest absolute Gasteiger partial charge is 0.342 e. The second-order valence-corrected chi connectivity index (χ2v) is 6.47.